The van der Waals surface area contributed by atoms with E-state index in [0.717, 1.165) is 25.1 Å². The van der Waals surface area contributed by atoms with Crippen LogP contribution in [0.2, 0.25) is 5.02 Å². The van der Waals surface area contributed by atoms with Gasteiger partial charge in [-0.15, -0.1) is 0 Å². The molecule has 1 N–H and O–H groups in total. The number of rotatable bonds is 7. The van der Waals surface area contributed by atoms with Crippen molar-refractivity contribution in [3.63, 3.8) is 0 Å². The molecule has 0 amide bonds. The van der Waals surface area contributed by atoms with Gasteiger partial charge in [0.2, 0.25) is 0 Å². The van der Waals surface area contributed by atoms with Gasteiger partial charge in [-0.2, -0.15) is 0 Å². The van der Waals surface area contributed by atoms with E-state index >= 15 is 0 Å². The first-order chi connectivity index (χ1) is 10.2. The number of likely N-dealkylation sites (N-methyl/N-ethyl adjacent to an activating group) is 1. The second kappa shape index (κ2) is 8.13. The van der Waals surface area contributed by atoms with Crippen molar-refractivity contribution < 1.29 is 5.11 Å². The SMILES string of the molecule is CCN(CCc1ccncc1)CC(O)c1ccc(Cl)cc1. The van der Waals surface area contributed by atoms with Crippen molar-refractivity contribution in [2.24, 2.45) is 0 Å². The minimum Gasteiger partial charge on any atom is -0.387 e. The van der Waals surface area contributed by atoms with E-state index < -0.39 is 6.10 Å². The average Bonchev–Trinajstić information content (AvgIpc) is 2.53. The van der Waals surface area contributed by atoms with Gasteiger partial charge in [-0.1, -0.05) is 30.7 Å². The summed E-state index contributed by atoms with van der Waals surface area (Å²) in [5, 5.41) is 11.0. The predicted molar refractivity (Wildman–Crippen MR) is 86.5 cm³/mol. The molecular formula is C17H21ClN2O. The van der Waals surface area contributed by atoms with Crippen LogP contribution in [0.5, 0.6) is 0 Å². The third kappa shape index (κ3) is 5.12. The highest BCUT2D eigenvalue weighted by Crippen LogP contribution is 2.17. The van der Waals surface area contributed by atoms with Gasteiger partial charge >= 0.3 is 0 Å². The fraction of sp³-hybridized carbons (Fsp3) is 0.353. The molecule has 2 rings (SSSR count). The Balaban J connectivity index is 1.88. The van der Waals surface area contributed by atoms with E-state index in [1.807, 2.05) is 48.8 Å². The third-order valence-corrected chi connectivity index (χ3v) is 3.85. The van der Waals surface area contributed by atoms with Gasteiger partial charge in [-0.3, -0.25) is 4.98 Å². The average molecular weight is 305 g/mol. The van der Waals surface area contributed by atoms with Gasteiger partial charge in [0.15, 0.2) is 0 Å². The quantitative estimate of drug-likeness (QED) is 0.852. The lowest BCUT2D eigenvalue weighted by Gasteiger charge is -2.23. The highest BCUT2D eigenvalue weighted by atomic mass is 35.5. The number of aliphatic hydroxyl groups is 1. The summed E-state index contributed by atoms with van der Waals surface area (Å²) < 4.78 is 0. The Morgan fingerprint density at radius 2 is 1.81 bits per heavy atom. The molecule has 3 nitrogen and oxygen atoms in total. The van der Waals surface area contributed by atoms with Crippen LogP contribution in [0.4, 0.5) is 0 Å². The van der Waals surface area contributed by atoms with Crippen molar-refractivity contribution >= 4 is 11.6 Å². The van der Waals surface area contributed by atoms with Gasteiger partial charge in [0.05, 0.1) is 6.10 Å². The minimum absolute atomic E-state index is 0.486. The van der Waals surface area contributed by atoms with E-state index in [2.05, 4.69) is 16.8 Å². The molecule has 4 heteroatoms. The lowest BCUT2D eigenvalue weighted by molar-refractivity contribution is 0.116. The Labute approximate surface area is 131 Å². The van der Waals surface area contributed by atoms with Crippen LogP contribution in [0.1, 0.15) is 24.2 Å². The van der Waals surface area contributed by atoms with Crippen molar-refractivity contribution in [3.8, 4) is 0 Å². The molecule has 0 saturated heterocycles. The summed E-state index contributed by atoms with van der Waals surface area (Å²) >= 11 is 5.87. The molecule has 0 fully saturated rings. The van der Waals surface area contributed by atoms with Crippen LogP contribution in [0.25, 0.3) is 0 Å². The fourth-order valence-corrected chi connectivity index (χ4v) is 2.38. The number of pyridine rings is 1. The monoisotopic (exact) mass is 304 g/mol. The number of benzene rings is 1. The molecule has 0 radical (unpaired) electrons. The van der Waals surface area contributed by atoms with Crippen LogP contribution in [-0.4, -0.2) is 34.6 Å². The maximum absolute atomic E-state index is 10.3. The summed E-state index contributed by atoms with van der Waals surface area (Å²) in [6.45, 7) is 4.57. The topological polar surface area (TPSA) is 36.4 Å². The zero-order chi connectivity index (χ0) is 15.1. The molecule has 1 unspecified atom stereocenters. The standard InChI is InChI=1S/C17H21ClN2O/c1-2-20(12-9-14-7-10-19-11-8-14)13-17(21)15-3-5-16(18)6-4-15/h3-8,10-11,17,21H,2,9,12-13H2,1H3. The van der Waals surface area contributed by atoms with E-state index in [1.54, 1.807) is 0 Å². The Hall–Kier alpha value is -1.42. The molecular weight excluding hydrogens is 284 g/mol. The van der Waals surface area contributed by atoms with Crippen LogP contribution >= 0.6 is 11.6 Å². The molecule has 0 aliphatic heterocycles. The third-order valence-electron chi connectivity index (χ3n) is 3.60. The van der Waals surface area contributed by atoms with Crippen LogP contribution < -0.4 is 0 Å². The van der Waals surface area contributed by atoms with E-state index in [-0.39, 0.29) is 0 Å². The van der Waals surface area contributed by atoms with E-state index in [9.17, 15) is 5.11 Å². The van der Waals surface area contributed by atoms with E-state index in [0.29, 0.717) is 11.6 Å². The maximum atomic E-state index is 10.3. The second-order valence-corrected chi connectivity index (χ2v) is 5.50. The Morgan fingerprint density at radius 3 is 2.43 bits per heavy atom. The first-order valence-corrected chi connectivity index (χ1v) is 7.61. The summed E-state index contributed by atoms with van der Waals surface area (Å²) in [7, 11) is 0. The molecule has 1 aromatic heterocycles. The minimum atomic E-state index is -0.486. The zero-order valence-electron chi connectivity index (χ0n) is 12.2. The second-order valence-electron chi connectivity index (χ2n) is 5.07. The molecule has 0 bridgehead atoms. The highest BCUT2D eigenvalue weighted by Gasteiger charge is 2.12. The van der Waals surface area contributed by atoms with Crippen LogP contribution in [-0.2, 0) is 6.42 Å². The first-order valence-electron chi connectivity index (χ1n) is 7.24. The number of hydrogen-bond donors (Lipinski definition) is 1. The van der Waals surface area contributed by atoms with Crippen molar-refractivity contribution in [1.82, 2.24) is 9.88 Å². The zero-order valence-corrected chi connectivity index (χ0v) is 13.0. The maximum Gasteiger partial charge on any atom is 0.0916 e. The van der Waals surface area contributed by atoms with Gasteiger partial charge in [0.1, 0.15) is 0 Å². The molecule has 112 valence electrons. The van der Waals surface area contributed by atoms with Gasteiger partial charge in [0, 0.05) is 30.5 Å². The largest absolute Gasteiger partial charge is 0.387 e. The summed E-state index contributed by atoms with van der Waals surface area (Å²) in [6.07, 6.45) is 4.10. The van der Waals surface area contributed by atoms with Gasteiger partial charge in [-0.25, -0.2) is 0 Å². The van der Waals surface area contributed by atoms with Crippen LogP contribution in [0.15, 0.2) is 48.8 Å². The molecule has 1 aromatic carbocycles. The molecule has 0 saturated carbocycles. The number of aromatic nitrogens is 1. The lowest BCUT2D eigenvalue weighted by atomic mass is 10.1. The molecule has 21 heavy (non-hydrogen) atoms. The molecule has 0 aliphatic carbocycles. The molecule has 0 aliphatic rings. The van der Waals surface area contributed by atoms with Crippen molar-refractivity contribution in [2.45, 2.75) is 19.4 Å². The first kappa shape index (κ1) is 16.0. The Morgan fingerprint density at radius 1 is 1.14 bits per heavy atom. The lowest BCUT2D eigenvalue weighted by Crippen LogP contribution is -2.30. The number of halogens is 1. The van der Waals surface area contributed by atoms with Crippen molar-refractivity contribution in [2.75, 3.05) is 19.6 Å². The number of hydrogen-bond acceptors (Lipinski definition) is 3. The summed E-state index contributed by atoms with van der Waals surface area (Å²) in [5.41, 5.74) is 2.17. The number of nitrogens with zero attached hydrogens (tertiary/aromatic N) is 2. The summed E-state index contributed by atoms with van der Waals surface area (Å²) in [5.74, 6) is 0. The summed E-state index contributed by atoms with van der Waals surface area (Å²) in [6, 6.07) is 11.4. The van der Waals surface area contributed by atoms with Crippen molar-refractivity contribution in [3.05, 3.63) is 64.9 Å². The van der Waals surface area contributed by atoms with Gasteiger partial charge in [0.25, 0.3) is 0 Å². The highest BCUT2D eigenvalue weighted by molar-refractivity contribution is 6.30. The Kier molecular flexibility index (Phi) is 6.18. The molecule has 1 atom stereocenters. The normalized spacial score (nSPS) is 12.6. The number of aliphatic hydroxyl groups excluding tert-OH is 1. The van der Waals surface area contributed by atoms with Crippen molar-refractivity contribution in [1.29, 1.82) is 0 Å². The fourth-order valence-electron chi connectivity index (χ4n) is 2.25. The van der Waals surface area contributed by atoms with E-state index in [4.69, 9.17) is 11.6 Å². The van der Waals surface area contributed by atoms with E-state index in [1.165, 1.54) is 5.56 Å². The van der Waals surface area contributed by atoms with Gasteiger partial charge < -0.3 is 10.0 Å². The molecule has 2 aromatic rings. The van der Waals surface area contributed by atoms with Gasteiger partial charge in [-0.05, 0) is 48.4 Å². The Bertz CT molecular complexity index is 530. The molecule has 1 heterocycles. The predicted octanol–water partition coefficient (Wildman–Crippen LogP) is 3.33. The smallest absolute Gasteiger partial charge is 0.0916 e. The van der Waals surface area contributed by atoms with Crippen LogP contribution in [0, 0.1) is 0 Å². The molecule has 0 spiro atoms. The summed E-state index contributed by atoms with van der Waals surface area (Å²) in [4.78, 5) is 6.27. The van der Waals surface area contributed by atoms with Crippen LogP contribution in [0.3, 0.4) is 0 Å².